The molecule has 0 atom stereocenters. The summed E-state index contributed by atoms with van der Waals surface area (Å²) >= 11 is 4.71. The zero-order valence-electron chi connectivity index (χ0n) is 10.8. The van der Waals surface area contributed by atoms with Gasteiger partial charge in [-0.2, -0.15) is 0 Å². The van der Waals surface area contributed by atoms with Gasteiger partial charge < -0.3 is 5.32 Å². The Labute approximate surface area is 129 Å². The van der Waals surface area contributed by atoms with Crippen molar-refractivity contribution in [3.63, 3.8) is 0 Å². The lowest BCUT2D eigenvalue weighted by molar-refractivity contribution is 0.102. The lowest BCUT2D eigenvalue weighted by atomic mass is 10.2. The lowest BCUT2D eigenvalue weighted by Crippen LogP contribution is -2.14. The van der Waals surface area contributed by atoms with Crippen molar-refractivity contribution in [3.8, 4) is 0 Å². The third kappa shape index (κ3) is 3.41. The Kier molecular flexibility index (Phi) is 5.20. The van der Waals surface area contributed by atoms with Crippen molar-refractivity contribution in [1.29, 1.82) is 0 Å². The number of benzene rings is 2. The van der Waals surface area contributed by atoms with E-state index in [9.17, 15) is 9.18 Å². The highest BCUT2D eigenvalue weighted by atomic mass is 79.9. The van der Waals surface area contributed by atoms with Crippen LogP contribution in [0, 0.1) is 5.82 Å². The van der Waals surface area contributed by atoms with E-state index in [4.69, 9.17) is 0 Å². The molecule has 104 valence electrons. The molecule has 0 fully saturated rings. The zero-order chi connectivity index (χ0) is 14.5. The molecule has 0 heterocycles. The smallest absolute Gasteiger partial charge is 0.258 e. The monoisotopic (exact) mass is 353 g/mol. The molecular weight excluding hydrogens is 341 g/mol. The predicted molar refractivity (Wildman–Crippen MR) is 84.9 cm³/mol. The van der Waals surface area contributed by atoms with Gasteiger partial charge in [-0.1, -0.05) is 25.1 Å². The summed E-state index contributed by atoms with van der Waals surface area (Å²) in [5.74, 6) is -0.100. The van der Waals surface area contributed by atoms with Crippen LogP contribution in [0.15, 0.2) is 51.8 Å². The Morgan fingerprint density at radius 1 is 1.25 bits per heavy atom. The number of thioether (sulfide) groups is 1. The first-order chi connectivity index (χ1) is 9.63. The van der Waals surface area contributed by atoms with Crippen LogP contribution in [0.2, 0.25) is 0 Å². The average molecular weight is 354 g/mol. The highest BCUT2D eigenvalue weighted by Gasteiger charge is 2.15. The van der Waals surface area contributed by atoms with Crippen molar-refractivity contribution in [2.45, 2.75) is 11.8 Å². The summed E-state index contributed by atoms with van der Waals surface area (Å²) in [5.41, 5.74) is 0.722. The number of amides is 1. The van der Waals surface area contributed by atoms with Gasteiger partial charge in [0.05, 0.1) is 15.7 Å². The number of halogens is 2. The standard InChI is InChI=1S/C15H13BrFNOS/c1-2-20-13-9-4-3-8-12(13)18-15(19)10-6-5-7-11(16)14(10)17/h3-9H,2H2,1H3,(H,18,19). The minimum atomic E-state index is -0.550. The molecule has 0 bridgehead atoms. The molecule has 0 aliphatic carbocycles. The van der Waals surface area contributed by atoms with E-state index in [0.29, 0.717) is 5.69 Å². The summed E-state index contributed by atoms with van der Waals surface area (Å²) in [4.78, 5) is 13.1. The number of carbonyl (C=O) groups is 1. The molecule has 5 heteroatoms. The maximum Gasteiger partial charge on any atom is 0.258 e. The first-order valence-corrected chi connectivity index (χ1v) is 7.88. The largest absolute Gasteiger partial charge is 0.321 e. The molecule has 0 spiro atoms. The minimum absolute atomic E-state index is 0.0238. The molecule has 2 aromatic carbocycles. The molecule has 0 saturated heterocycles. The van der Waals surface area contributed by atoms with Crippen LogP contribution in [-0.2, 0) is 0 Å². The minimum Gasteiger partial charge on any atom is -0.321 e. The van der Waals surface area contributed by atoms with E-state index >= 15 is 0 Å². The molecular formula is C15H13BrFNOS. The maximum atomic E-state index is 13.9. The maximum absolute atomic E-state index is 13.9. The van der Waals surface area contributed by atoms with Crippen LogP contribution in [0.5, 0.6) is 0 Å². The van der Waals surface area contributed by atoms with Crippen LogP contribution < -0.4 is 5.32 Å². The SMILES string of the molecule is CCSc1ccccc1NC(=O)c1cccc(Br)c1F. The topological polar surface area (TPSA) is 29.1 Å². The molecule has 0 saturated carbocycles. The second-order valence-electron chi connectivity index (χ2n) is 3.98. The van der Waals surface area contributed by atoms with E-state index in [1.54, 1.807) is 23.9 Å². The second kappa shape index (κ2) is 6.90. The number of hydrogen-bond acceptors (Lipinski definition) is 2. The van der Waals surface area contributed by atoms with Gasteiger partial charge in [-0.25, -0.2) is 4.39 Å². The van der Waals surface area contributed by atoms with Gasteiger partial charge in [-0.05, 0) is 45.9 Å². The summed E-state index contributed by atoms with van der Waals surface area (Å²) in [6.45, 7) is 2.04. The van der Waals surface area contributed by atoms with Gasteiger partial charge in [0.1, 0.15) is 5.82 Å². The quantitative estimate of drug-likeness (QED) is 0.787. The fourth-order valence-electron chi connectivity index (χ4n) is 1.72. The summed E-state index contributed by atoms with van der Waals surface area (Å²) in [7, 11) is 0. The Bertz CT molecular complexity index is 633. The van der Waals surface area contributed by atoms with Crippen LogP contribution >= 0.6 is 27.7 Å². The molecule has 2 aromatic rings. The van der Waals surface area contributed by atoms with Gasteiger partial charge in [0.25, 0.3) is 5.91 Å². The normalized spacial score (nSPS) is 10.3. The summed E-state index contributed by atoms with van der Waals surface area (Å²) in [6, 6.07) is 12.2. The van der Waals surface area contributed by atoms with Gasteiger partial charge >= 0.3 is 0 Å². The molecule has 0 aliphatic rings. The van der Waals surface area contributed by atoms with E-state index in [2.05, 4.69) is 21.2 Å². The van der Waals surface area contributed by atoms with Crippen LogP contribution in [0.25, 0.3) is 0 Å². The van der Waals surface area contributed by atoms with Crippen molar-refractivity contribution < 1.29 is 9.18 Å². The van der Waals surface area contributed by atoms with Crippen molar-refractivity contribution >= 4 is 39.3 Å². The lowest BCUT2D eigenvalue weighted by Gasteiger charge is -2.10. The Morgan fingerprint density at radius 3 is 2.75 bits per heavy atom. The molecule has 0 aromatic heterocycles. The number of hydrogen-bond donors (Lipinski definition) is 1. The molecule has 2 rings (SSSR count). The molecule has 20 heavy (non-hydrogen) atoms. The van der Waals surface area contributed by atoms with E-state index < -0.39 is 11.7 Å². The zero-order valence-corrected chi connectivity index (χ0v) is 13.2. The third-order valence-electron chi connectivity index (χ3n) is 2.63. The van der Waals surface area contributed by atoms with Gasteiger partial charge in [0.15, 0.2) is 0 Å². The van der Waals surface area contributed by atoms with Gasteiger partial charge in [0, 0.05) is 4.90 Å². The Morgan fingerprint density at radius 2 is 2.00 bits per heavy atom. The first kappa shape index (κ1) is 15.1. The number of carbonyl (C=O) groups excluding carboxylic acids is 1. The highest BCUT2D eigenvalue weighted by molar-refractivity contribution is 9.10. The molecule has 1 N–H and O–H groups in total. The van der Waals surface area contributed by atoms with Gasteiger partial charge in [-0.15, -0.1) is 11.8 Å². The molecule has 0 aliphatic heterocycles. The fourth-order valence-corrected chi connectivity index (χ4v) is 2.85. The summed E-state index contributed by atoms with van der Waals surface area (Å²) in [5, 5.41) is 2.76. The summed E-state index contributed by atoms with van der Waals surface area (Å²) < 4.78 is 14.2. The van der Waals surface area contributed by atoms with Crippen molar-refractivity contribution in [3.05, 3.63) is 58.3 Å². The van der Waals surface area contributed by atoms with Crippen LogP contribution in [0.3, 0.4) is 0 Å². The summed E-state index contributed by atoms with van der Waals surface area (Å²) in [6.07, 6.45) is 0. The van der Waals surface area contributed by atoms with Crippen molar-refractivity contribution in [2.75, 3.05) is 11.1 Å². The van der Waals surface area contributed by atoms with E-state index in [-0.39, 0.29) is 10.0 Å². The van der Waals surface area contributed by atoms with Crippen LogP contribution in [0.1, 0.15) is 17.3 Å². The van der Waals surface area contributed by atoms with Crippen molar-refractivity contribution in [1.82, 2.24) is 0 Å². The third-order valence-corrected chi connectivity index (χ3v) is 4.20. The Hall–Kier alpha value is -1.33. The molecule has 0 unspecified atom stereocenters. The Balaban J connectivity index is 2.26. The highest BCUT2D eigenvalue weighted by Crippen LogP contribution is 2.27. The van der Waals surface area contributed by atoms with Crippen LogP contribution in [0.4, 0.5) is 10.1 Å². The van der Waals surface area contributed by atoms with Crippen LogP contribution in [-0.4, -0.2) is 11.7 Å². The molecule has 1 amide bonds. The van der Waals surface area contributed by atoms with E-state index in [0.717, 1.165) is 10.6 Å². The van der Waals surface area contributed by atoms with Gasteiger partial charge in [-0.3, -0.25) is 4.79 Å². The fraction of sp³-hybridized carbons (Fsp3) is 0.133. The molecule has 2 nitrogen and oxygen atoms in total. The number of para-hydroxylation sites is 1. The second-order valence-corrected chi connectivity index (χ2v) is 6.14. The van der Waals surface area contributed by atoms with E-state index in [1.165, 1.54) is 6.07 Å². The molecule has 0 radical (unpaired) electrons. The predicted octanol–water partition coefficient (Wildman–Crippen LogP) is 4.95. The average Bonchev–Trinajstić information content (AvgIpc) is 2.44. The number of nitrogens with one attached hydrogen (secondary N) is 1. The number of anilines is 1. The van der Waals surface area contributed by atoms with Crippen molar-refractivity contribution in [2.24, 2.45) is 0 Å². The van der Waals surface area contributed by atoms with E-state index in [1.807, 2.05) is 31.2 Å². The van der Waals surface area contributed by atoms with Gasteiger partial charge in [0.2, 0.25) is 0 Å². The first-order valence-electron chi connectivity index (χ1n) is 6.10. The number of rotatable bonds is 4.